The van der Waals surface area contributed by atoms with Crippen molar-refractivity contribution in [2.75, 3.05) is 7.05 Å². The van der Waals surface area contributed by atoms with Crippen molar-refractivity contribution in [3.63, 3.8) is 0 Å². The second-order valence-corrected chi connectivity index (χ2v) is 6.00. The molecule has 7 heteroatoms. The Bertz CT molecular complexity index is 709. The Balaban J connectivity index is 0.00000208. The molecule has 3 rings (SSSR count). The Morgan fingerprint density at radius 1 is 1.29 bits per heavy atom. The Morgan fingerprint density at radius 2 is 2.04 bits per heavy atom. The second-order valence-electron chi connectivity index (χ2n) is 6.00. The summed E-state index contributed by atoms with van der Waals surface area (Å²) >= 11 is 0. The van der Waals surface area contributed by atoms with Crippen LogP contribution in [0.3, 0.4) is 0 Å². The second kappa shape index (κ2) is 8.46. The molecule has 1 aliphatic rings. The van der Waals surface area contributed by atoms with Crippen molar-refractivity contribution in [1.29, 1.82) is 0 Å². The number of fused-ring (bicyclic) bond motifs is 1. The van der Waals surface area contributed by atoms with Gasteiger partial charge in [0.15, 0.2) is 11.8 Å². The van der Waals surface area contributed by atoms with Crippen LogP contribution in [0.4, 0.5) is 0 Å². The van der Waals surface area contributed by atoms with E-state index in [1.807, 2.05) is 18.5 Å². The Hall–Kier alpha value is -1.64. The summed E-state index contributed by atoms with van der Waals surface area (Å²) < 4.78 is 1.98. The van der Waals surface area contributed by atoms with E-state index in [-0.39, 0.29) is 24.0 Å². The van der Waals surface area contributed by atoms with Crippen LogP contribution < -0.4 is 10.6 Å². The Morgan fingerprint density at radius 3 is 2.71 bits per heavy atom. The minimum absolute atomic E-state index is 0. The van der Waals surface area contributed by atoms with Gasteiger partial charge in [0.2, 0.25) is 0 Å². The van der Waals surface area contributed by atoms with Gasteiger partial charge in [0.25, 0.3) is 0 Å². The third kappa shape index (κ3) is 4.25. The molecule has 130 valence electrons. The van der Waals surface area contributed by atoms with Crippen LogP contribution in [0.5, 0.6) is 0 Å². The van der Waals surface area contributed by atoms with Gasteiger partial charge in [-0.25, -0.2) is 0 Å². The molecule has 0 radical (unpaired) electrons. The van der Waals surface area contributed by atoms with Crippen LogP contribution in [-0.2, 0) is 26.4 Å². The largest absolute Gasteiger partial charge is 0.353 e. The summed E-state index contributed by atoms with van der Waals surface area (Å²) in [6.45, 7) is 2.56. The van der Waals surface area contributed by atoms with Crippen molar-refractivity contribution in [2.45, 2.75) is 38.8 Å². The topological polar surface area (TPSA) is 67.1 Å². The highest BCUT2D eigenvalue weighted by molar-refractivity contribution is 14.0. The van der Waals surface area contributed by atoms with Crippen molar-refractivity contribution in [3.8, 4) is 0 Å². The zero-order valence-electron chi connectivity index (χ0n) is 14.4. The fraction of sp³-hybridized carbons (Fsp3) is 0.471. The van der Waals surface area contributed by atoms with E-state index in [0.717, 1.165) is 36.9 Å². The predicted octanol–water partition coefficient (Wildman–Crippen LogP) is 1.96. The first-order valence-electron chi connectivity index (χ1n) is 8.06. The summed E-state index contributed by atoms with van der Waals surface area (Å²) in [6.07, 6.45) is 3.29. The van der Waals surface area contributed by atoms with E-state index in [2.05, 4.69) is 50.1 Å². The van der Waals surface area contributed by atoms with Gasteiger partial charge in [0.1, 0.15) is 5.82 Å². The lowest BCUT2D eigenvalue weighted by Crippen LogP contribution is -2.45. The van der Waals surface area contributed by atoms with Gasteiger partial charge in [-0.05, 0) is 37.3 Å². The molecule has 6 nitrogen and oxygen atoms in total. The van der Waals surface area contributed by atoms with Crippen LogP contribution in [0.15, 0.2) is 29.3 Å². The van der Waals surface area contributed by atoms with Gasteiger partial charge in [-0.15, -0.1) is 34.2 Å². The maximum atomic E-state index is 4.33. The fourth-order valence-corrected chi connectivity index (χ4v) is 2.98. The molecule has 1 heterocycles. The van der Waals surface area contributed by atoms with Gasteiger partial charge < -0.3 is 15.2 Å². The molecule has 1 atom stereocenters. The van der Waals surface area contributed by atoms with E-state index in [1.54, 1.807) is 7.05 Å². The van der Waals surface area contributed by atoms with Crippen molar-refractivity contribution >= 4 is 29.9 Å². The third-order valence-electron chi connectivity index (χ3n) is 4.51. The first kappa shape index (κ1) is 18.7. The maximum absolute atomic E-state index is 4.33. The molecule has 0 bridgehead atoms. The van der Waals surface area contributed by atoms with E-state index in [1.165, 1.54) is 11.1 Å². The van der Waals surface area contributed by atoms with Crippen LogP contribution in [0, 0.1) is 6.92 Å². The molecule has 2 aromatic rings. The van der Waals surface area contributed by atoms with E-state index in [0.29, 0.717) is 12.6 Å². The number of hydrogen-bond acceptors (Lipinski definition) is 3. The Labute approximate surface area is 160 Å². The van der Waals surface area contributed by atoms with Gasteiger partial charge in [-0.1, -0.05) is 24.3 Å². The smallest absolute Gasteiger partial charge is 0.191 e. The first-order chi connectivity index (χ1) is 11.2. The molecule has 0 aliphatic heterocycles. The number of benzene rings is 1. The molecule has 0 fully saturated rings. The lowest BCUT2D eigenvalue weighted by Gasteiger charge is -2.27. The molecular weight excluding hydrogens is 415 g/mol. The number of halogens is 1. The molecule has 0 saturated heterocycles. The molecule has 1 aliphatic carbocycles. The van der Waals surface area contributed by atoms with E-state index in [4.69, 9.17) is 0 Å². The van der Waals surface area contributed by atoms with Crippen LogP contribution >= 0.6 is 24.0 Å². The van der Waals surface area contributed by atoms with Gasteiger partial charge in [0, 0.05) is 20.1 Å². The highest BCUT2D eigenvalue weighted by Crippen LogP contribution is 2.20. The lowest BCUT2D eigenvalue weighted by molar-refractivity contribution is 0.519. The van der Waals surface area contributed by atoms with Gasteiger partial charge in [-0.3, -0.25) is 4.99 Å². The minimum atomic E-state index is 0. The highest BCUT2D eigenvalue weighted by Gasteiger charge is 2.19. The summed E-state index contributed by atoms with van der Waals surface area (Å²) in [5, 5.41) is 15.1. The first-order valence-corrected chi connectivity index (χ1v) is 8.06. The average Bonchev–Trinajstić information content (AvgIpc) is 2.90. The summed E-state index contributed by atoms with van der Waals surface area (Å²) in [5.74, 6) is 2.63. The average molecular weight is 440 g/mol. The monoisotopic (exact) mass is 440 g/mol. The number of nitrogens with one attached hydrogen (secondary N) is 2. The minimum Gasteiger partial charge on any atom is -0.353 e. The maximum Gasteiger partial charge on any atom is 0.191 e. The third-order valence-corrected chi connectivity index (χ3v) is 4.51. The number of rotatable bonds is 3. The van der Waals surface area contributed by atoms with Crippen molar-refractivity contribution in [1.82, 2.24) is 25.4 Å². The zero-order valence-corrected chi connectivity index (χ0v) is 16.7. The molecule has 0 spiro atoms. The lowest BCUT2D eigenvalue weighted by atomic mass is 9.88. The quantitative estimate of drug-likeness (QED) is 0.435. The predicted molar refractivity (Wildman–Crippen MR) is 107 cm³/mol. The zero-order chi connectivity index (χ0) is 16.2. The number of guanidine groups is 1. The number of aryl methyl sites for hydroxylation is 2. The van der Waals surface area contributed by atoms with Crippen molar-refractivity contribution in [3.05, 3.63) is 47.0 Å². The molecule has 1 unspecified atom stereocenters. The van der Waals surface area contributed by atoms with E-state index < -0.39 is 0 Å². The molecule has 1 aromatic carbocycles. The van der Waals surface area contributed by atoms with Gasteiger partial charge in [-0.2, -0.15) is 0 Å². The van der Waals surface area contributed by atoms with E-state index >= 15 is 0 Å². The van der Waals surface area contributed by atoms with Gasteiger partial charge in [0.05, 0.1) is 6.54 Å². The summed E-state index contributed by atoms with van der Waals surface area (Å²) in [7, 11) is 3.77. The van der Waals surface area contributed by atoms with Crippen LogP contribution in [0.25, 0.3) is 0 Å². The van der Waals surface area contributed by atoms with Crippen molar-refractivity contribution in [2.24, 2.45) is 12.0 Å². The SMILES string of the molecule is CN=C(NCc1nnc(C)n1C)NC1CCc2ccccc2C1.I. The van der Waals surface area contributed by atoms with E-state index in [9.17, 15) is 0 Å². The van der Waals surface area contributed by atoms with Crippen LogP contribution in [-0.4, -0.2) is 33.8 Å². The molecule has 1 aromatic heterocycles. The van der Waals surface area contributed by atoms with Crippen molar-refractivity contribution < 1.29 is 0 Å². The number of nitrogens with zero attached hydrogens (tertiary/aromatic N) is 4. The number of hydrogen-bond donors (Lipinski definition) is 2. The molecule has 2 N–H and O–H groups in total. The fourth-order valence-electron chi connectivity index (χ4n) is 2.98. The molecule has 0 amide bonds. The van der Waals surface area contributed by atoms with Crippen LogP contribution in [0.2, 0.25) is 0 Å². The normalized spacial score (nSPS) is 17.0. The van der Waals surface area contributed by atoms with Crippen LogP contribution in [0.1, 0.15) is 29.2 Å². The molecule has 24 heavy (non-hydrogen) atoms. The van der Waals surface area contributed by atoms with Gasteiger partial charge >= 0.3 is 0 Å². The summed E-state index contributed by atoms with van der Waals surface area (Å²) in [5.41, 5.74) is 2.92. The number of aromatic nitrogens is 3. The highest BCUT2D eigenvalue weighted by atomic mass is 127. The standard InChI is InChI=1S/C17H24N6.HI/c1-12-21-22-16(23(12)3)11-19-17(18-2)20-15-9-8-13-6-4-5-7-14(13)10-15;/h4-7,15H,8-11H2,1-3H3,(H2,18,19,20);1H. The molecule has 0 saturated carbocycles. The molecular formula is C17H25IN6. The Kier molecular flexibility index (Phi) is 6.59. The summed E-state index contributed by atoms with van der Waals surface area (Å²) in [4.78, 5) is 4.33. The number of aliphatic imine (C=N–C) groups is 1. The summed E-state index contributed by atoms with van der Waals surface area (Å²) in [6, 6.07) is 9.11.